The molecule has 0 spiro atoms. The van der Waals surface area contributed by atoms with Gasteiger partial charge >= 0.3 is 0 Å². The van der Waals surface area contributed by atoms with Crippen molar-refractivity contribution in [3.63, 3.8) is 0 Å². The van der Waals surface area contributed by atoms with Crippen LogP contribution in [0.15, 0.2) is 12.2 Å². The molecule has 0 aromatic carbocycles. The standard InChI is InChI=1S/C8H16N2O/c1-7(2)4-5-10-6-8(11)9-3/h10H,1,4-6H2,2-3H3,(H,9,11). The molecule has 0 saturated carbocycles. The maximum absolute atomic E-state index is 10.7. The molecule has 0 saturated heterocycles. The Morgan fingerprint density at radius 2 is 2.18 bits per heavy atom. The van der Waals surface area contributed by atoms with Gasteiger partial charge in [0.1, 0.15) is 0 Å². The van der Waals surface area contributed by atoms with Crippen molar-refractivity contribution in [3.8, 4) is 0 Å². The molecule has 0 bridgehead atoms. The van der Waals surface area contributed by atoms with Gasteiger partial charge in [-0.3, -0.25) is 4.79 Å². The van der Waals surface area contributed by atoms with Crippen LogP contribution in [0, 0.1) is 0 Å². The quantitative estimate of drug-likeness (QED) is 0.443. The first-order valence-corrected chi connectivity index (χ1v) is 3.72. The van der Waals surface area contributed by atoms with Crippen molar-refractivity contribution in [2.24, 2.45) is 0 Å². The number of amides is 1. The van der Waals surface area contributed by atoms with E-state index in [4.69, 9.17) is 0 Å². The van der Waals surface area contributed by atoms with Crippen LogP contribution >= 0.6 is 0 Å². The van der Waals surface area contributed by atoms with E-state index in [0.29, 0.717) is 6.54 Å². The topological polar surface area (TPSA) is 41.1 Å². The molecule has 0 aliphatic heterocycles. The second-order valence-corrected chi connectivity index (χ2v) is 2.56. The van der Waals surface area contributed by atoms with E-state index in [0.717, 1.165) is 18.5 Å². The minimum absolute atomic E-state index is 0.0201. The molecule has 0 aromatic heterocycles. The van der Waals surface area contributed by atoms with Crippen molar-refractivity contribution in [1.29, 1.82) is 0 Å². The summed E-state index contributed by atoms with van der Waals surface area (Å²) in [5.74, 6) is 0.0201. The van der Waals surface area contributed by atoms with E-state index in [1.807, 2.05) is 6.92 Å². The van der Waals surface area contributed by atoms with Crippen LogP contribution in [0.25, 0.3) is 0 Å². The van der Waals surface area contributed by atoms with Crippen molar-refractivity contribution < 1.29 is 4.79 Å². The Hall–Kier alpha value is -0.830. The van der Waals surface area contributed by atoms with E-state index < -0.39 is 0 Å². The van der Waals surface area contributed by atoms with Crippen LogP contribution in [-0.4, -0.2) is 26.0 Å². The van der Waals surface area contributed by atoms with Gasteiger partial charge in [0, 0.05) is 7.05 Å². The lowest BCUT2D eigenvalue weighted by Gasteiger charge is -2.02. The van der Waals surface area contributed by atoms with E-state index in [-0.39, 0.29) is 5.91 Å². The number of likely N-dealkylation sites (N-methyl/N-ethyl adjacent to an activating group) is 1. The fourth-order valence-electron chi connectivity index (χ4n) is 0.592. The minimum atomic E-state index is 0.0201. The first kappa shape index (κ1) is 10.2. The summed E-state index contributed by atoms with van der Waals surface area (Å²) < 4.78 is 0. The SMILES string of the molecule is C=C(C)CCNCC(=O)NC. The van der Waals surface area contributed by atoms with Crippen molar-refractivity contribution in [2.45, 2.75) is 13.3 Å². The maximum atomic E-state index is 10.7. The Bertz CT molecular complexity index is 143. The van der Waals surface area contributed by atoms with Gasteiger partial charge in [0.15, 0.2) is 0 Å². The second kappa shape index (κ2) is 5.92. The van der Waals surface area contributed by atoms with Gasteiger partial charge in [-0.15, -0.1) is 6.58 Å². The predicted octanol–water partition coefficient (Wildman–Crippen LogP) is 0.288. The molecule has 2 N–H and O–H groups in total. The lowest BCUT2D eigenvalue weighted by atomic mass is 10.2. The van der Waals surface area contributed by atoms with E-state index in [2.05, 4.69) is 17.2 Å². The molecule has 0 aromatic rings. The average molecular weight is 156 g/mol. The van der Waals surface area contributed by atoms with Crippen LogP contribution in [0.3, 0.4) is 0 Å². The fraction of sp³-hybridized carbons (Fsp3) is 0.625. The summed E-state index contributed by atoms with van der Waals surface area (Å²) in [6.07, 6.45) is 0.928. The van der Waals surface area contributed by atoms with Crippen molar-refractivity contribution in [3.05, 3.63) is 12.2 Å². The third kappa shape index (κ3) is 7.06. The van der Waals surface area contributed by atoms with Gasteiger partial charge in [0.2, 0.25) is 5.91 Å². The summed E-state index contributed by atoms with van der Waals surface area (Å²) in [4.78, 5) is 10.7. The maximum Gasteiger partial charge on any atom is 0.233 e. The third-order valence-electron chi connectivity index (χ3n) is 1.29. The summed E-state index contributed by atoms with van der Waals surface area (Å²) >= 11 is 0. The van der Waals surface area contributed by atoms with Crippen LogP contribution in [0.2, 0.25) is 0 Å². The van der Waals surface area contributed by atoms with Crippen molar-refractivity contribution in [2.75, 3.05) is 20.1 Å². The van der Waals surface area contributed by atoms with E-state index in [9.17, 15) is 4.79 Å². The van der Waals surface area contributed by atoms with Crippen LogP contribution in [0.4, 0.5) is 0 Å². The molecule has 0 aliphatic rings. The highest BCUT2D eigenvalue weighted by atomic mass is 16.1. The van der Waals surface area contributed by atoms with Gasteiger partial charge in [0.05, 0.1) is 6.54 Å². The van der Waals surface area contributed by atoms with Gasteiger partial charge in [-0.25, -0.2) is 0 Å². The smallest absolute Gasteiger partial charge is 0.233 e. The number of nitrogens with one attached hydrogen (secondary N) is 2. The van der Waals surface area contributed by atoms with Gasteiger partial charge in [0.25, 0.3) is 0 Å². The zero-order chi connectivity index (χ0) is 8.69. The van der Waals surface area contributed by atoms with Crippen LogP contribution in [0.5, 0.6) is 0 Å². The normalized spacial score (nSPS) is 9.27. The van der Waals surface area contributed by atoms with Crippen LogP contribution in [0.1, 0.15) is 13.3 Å². The number of carbonyl (C=O) groups is 1. The van der Waals surface area contributed by atoms with Crippen LogP contribution in [-0.2, 0) is 4.79 Å². The molecule has 0 radical (unpaired) electrons. The van der Waals surface area contributed by atoms with Crippen molar-refractivity contribution in [1.82, 2.24) is 10.6 Å². The molecule has 64 valence electrons. The highest BCUT2D eigenvalue weighted by Crippen LogP contribution is 1.90. The Balaban J connectivity index is 3.14. The Labute approximate surface area is 67.9 Å². The number of hydrogen-bond acceptors (Lipinski definition) is 2. The van der Waals surface area contributed by atoms with Gasteiger partial charge in [-0.2, -0.15) is 0 Å². The molecule has 0 aliphatic carbocycles. The zero-order valence-electron chi connectivity index (χ0n) is 7.24. The van der Waals surface area contributed by atoms with E-state index in [1.165, 1.54) is 0 Å². The van der Waals surface area contributed by atoms with Gasteiger partial charge in [-0.05, 0) is 19.9 Å². The molecule has 0 heterocycles. The Morgan fingerprint density at radius 1 is 1.55 bits per heavy atom. The monoisotopic (exact) mass is 156 g/mol. The molecule has 0 rings (SSSR count). The predicted molar refractivity (Wildman–Crippen MR) is 46.4 cm³/mol. The summed E-state index contributed by atoms with van der Waals surface area (Å²) in [6.45, 7) is 6.94. The summed E-state index contributed by atoms with van der Waals surface area (Å²) in [7, 11) is 1.63. The molecule has 0 fully saturated rings. The largest absolute Gasteiger partial charge is 0.358 e. The molecule has 0 atom stereocenters. The molecular formula is C8H16N2O. The van der Waals surface area contributed by atoms with Crippen LogP contribution < -0.4 is 10.6 Å². The summed E-state index contributed by atoms with van der Waals surface area (Å²) in [5, 5.41) is 5.52. The van der Waals surface area contributed by atoms with E-state index in [1.54, 1.807) is 7.05 Å². The average Bonchev–Trinajstić information content (AvgIpc) is 1.97. The number of rotatable bonds is 5. The summed E-state index contributed by atoms with van der Waals surface area (Å²) in [6, 6.07) is 0. The highest BCUT2D eigenvalue weighted by molar-refractivity contribution is 5.77. The van der Waals surface area contributed by atoms with Gasteiger partial charge in [-0.1, -0.05) is 5.57 Å². The molecule has 1 amide bonds. The van der Waals surface area contributed by atoms with Crippen molar-refractivity contribution >= 4 is 5.91 Å². The molecule has 0 unspecified atom stereocenters. The zero-order valence-corrected chi connectivity index (χ0v) is 7.24. The molecule has 3 nitrogen and oxygen atoms in total. The van der Waals surface area contributed by atoms with E-state index >= 15 is 0 Å². The molecule has 3 heteroatoms. The fourth-order valence-corrected chi connectivity index (χ4v) is 0.592. The highest BCUT2D eigenvalue weighted by Gasteiger charge is 1.94. The lowest BCUT2D eigenvalue weighted by Crippen LogP contribution is -2.31. The first-order valence-electron chi connectivity index (χ1n) is 3.72. The first-order chi connectivity index (χ1) is 5.16. The second-order valence-electron chi connectivity index (χ2n) is 2.56. The Morgan fingerprint density at radius 3 is 2.64 bits per heavy atom. The molecule has 11 heavy (non-hydrogen) atoms. The number of carbonyl (C=O) groups excluding carboxylic acids is 1. The number of hydrogen-bond donors (Lipinski definition) is 2. The summed E-state index contributed by atoms with van der Waals surface area (Å²) in [5.41, 5.74) is 1.13. The lowest BCUT2D eigenvalue weighted by molar-refractivity contribution is -0.119. The Kier molecular flexibility index (Phi) is 5.47. The molecular weight excluding hydrogens is 140 g/mol. The van der Waals surface area contributed by atoms with Gasteiger partial charge < -0.3 is 10.6 Å². The third-order valence-corrected chi connectivity index (χ3v) is 1.29. The minimum Gasteiger partial charge on any atom is -0.358 e.